The zero-order valence-electron chi connectivity index (χ0n) is 9.70. The van der Waals surface area contributed by atoms with Gasteiger partial charge in [-0.15, -0.1) is 11.3 Å². The van der Waals surface area contributed by atoms with Crippen molar-refractivity contribution < 1.29 is 17.4 Å². The number of fused-ring (bicyclic) bond motifs is 3. The molecule has 1 heterocycles. The summed E-state index contributed by atoms with van der Waals surface area (Å²) in [6.07, 6.45) is 0. The second-order valence-corrected chi connectivity index (χ2v) is 6.22. The molecule has 104 valence electrons. The Kier molecular flexibility index (Phi) is 3.48. The molecule has 0 bridgehead atoms. The molecule has 1 aromatic heterocycles. The van der Waals surface area contributed by atoms with E-state index in [4.69, 9.17) is 15.8 Å². The molecule has 3 rings (SSSR count). The first-order valence-corrected chi connectivity index (χ1v) is 7.41. The molecule has 0 spiro atoms. The first-order chi connectivity index (χ1) is 9.46. The van der Waals surface area contributed by atoms with E-state index in [9.17, 15) is 13.2 Å². The third kappa shape index (κ3) is 2.55. The van der Waals surface area contributed by atoms with Gasteiger partial charge in [0.25, 0.3) is 0 Å². The van der Waals surface area contributed by atoms with Gasteiger partial charge >= 0.3 is 5.51 Å². The van der Waals surface area contributed by atoms with Gasteiger partial charge < -0.3 is 4.18 Å². The topological polar surface area (TPSA) is 9.23 Å². The van der Waals surface area contributed by atoms with Crippen molar-refractivity contribution in [1.29, 1.82) is 0 Å². The molecule has 3 aromatic rings. The molecule has 0 saturated heterocycles. The molecule has 0 fully saturated rings. The van der Waals surface area contributed by atoms with Crippen LogP contribution in [-0.2, 0) is 0 Å². The molecule has 0 amide bonds. The summed E-state index contributed by atoms with van der Waals surface area (Å²) in [5, 5.41) is 2.15. The van der Waals surface area contributed by atoms with Crippen LogP contribution >= 0.6 is 35.0 Å². The van der Waals surface area contributed by atoms with E-state index in [1.165, 1.54) is 17.4 Å². The molecule has 1 nitrogen and oxygen atoms in total. The zero-order valence-corrected chi connectivity index (χ0v) is 12.1. The van der Waals surface area contributed by atoms with Gasteiger partial charge in [0.05, 0.1) is 9.72 Å². The average Bonchev–Trinajstić information content (AvgIpc) is 2.77. The number of rotatable bonds is 2. The lowest BCUT2D eigenvalue weighted by Gasteiger charge is -2.07. The zero-order chi connectivity index (χ0) is 14.3. The lowest BCUT2D eigenvalue weighted by Crippen LogP contribution is -2.02. The maximum Gasteiger partial charge on any atom is 0.479 e. The highest BCUT2D eigenvalue weighted by Crippen LogP contribution is 2.44. The molecule has 0 aliphatic heterocycles. The lowest BCUT2D eigenvalue weighted by atomic mass is 10.1. The minimum atomic E-state index is -4.44. The van der Waals surface area contributed by atoms with Gasteiger partial charge in [-0.25, -0.2) is 0 Å². The molecule has 0 unspecified atom stereocenters. The fourth-order valence-corrected chi connectivity index (χ4v) is 3.79. The molecular weight excluding hydrogens is 329 g/mol. The SMILES string of the molecule is FC(F)(F)SOc1ccc(Cl)c2c1sc1ccccc12. The van der Waals surface area contributed by atoms with Crippen LogP contribution in [0.25, 0.3) is 20.2 Å². The second-order valence-electron chi connectivity index (χ2n) is 3.96. The molecule has 0 radical (unpaired) electrons. The predicted octanol–water partition coefficient (Wildman–Crippen LogP) is 6.25. The fourth-order valence-electron chi connectivity index (χ4n) is 1.92. The van der Waals surface area contributed by atoms with Crippen LogP contribution in [-0.4, -0.2) is 5.51 Å². The number of halogens is 4. The van der Waals surface area contributed by atoms with Gasteiger partial charge in [-0.1, -0.05) is 29.8 Å². The predicted molar refractivity (Wildman–Crippen MR) is 78.6 cm³/mol. The highest BCUT2D eigenvalue weighted by Gasteiger charge is 2.32. The van der Waals surface area contributed by atoms with Crippen LogP contribution in [0.15, 0.2) is 36.4 Å². The molecular formula is C13H6ClF3OS2. The molecule has 0 aliphatic rings. The van der Waals surface area contributed by atoms with Crippen LogP contribution in [0.2, 0.25) is 5.02 Å². The lowest BCUT2D eigenvalue weighted by molar-refractivity contribution is -0.0369. The van der Waals surface area contributed by atoms with Gasteiger partial charge in [-0.2, -0.15) is 13.2 Å². The van der Waals surface area contributed by atoms with Crippen molar-refractivity contribution in [2.24, 2.45) is 0 Å². The first kappa shape index (κ1) is 13.9. The van der Waals surface area contributed by atoms with Crippen LogP contribution in [0.1, 0.15) is 0 Å². The Balaban J connectivity index is 2.17. The van der Waals surface area contributed by atoms with Crippen molar-refractivity contribution >= 4 is 55.2 Å². The Morgan fingerprint density at radius 2 is 1.85 bits per heavy atom. The number of alkyl halides is 3. The summed E-state index contributed by atoms with van der Waals surface area (Å²) < 4.78 is 43.1. The van der Waals surface area contributed by atoms with Crippen LogP contribution < -0.4 is 4.18 Å². The van der Waals surface area contributed by atoms with E-state index >= 15 is 0 Å². The van der Waals surface area contributed by atoms with Crippen molar-refractivity contribution in [3.8, 4) is 5.75 Å². The van der Waals surface area contributed by atoms with Crippen molar-refractivity contribution in [2.45, 2.75) is 5.51 Å². The quantitative estimate of drug-likeness (QED) is 0.512. The maximum atomic E-state index is 12.2. The van der Waals surface area contributed by atoms with Crippen molar-refractivity contribution in [2.75, 3.05) is 0 Å². The third-order valence-corrected chi connectivity index (χ3v) is 4.62. The largest absolute Gasteiger partial charge is 0.479 e. The smallest absolute Gasteiger partial charge is 0.416 e. The van der Waals surface area contributed by atoms with Crippen LogP contribution in [0.5, 0.6) is 5.75 Å². The summed E-state index contributed by atoms with van der Waals surface area (Å²) in [6.45, 7) is 0. The van der Waals surface area contributed by atoms with E-state index in [0.717, 1.165) is 15.5 Å². The molecule has 0 saturated carbocycles. The van der Waals surface area contributed by atoms with Crippen molar-refractivity contribution in [1.82, 2.24) is 0 Å². The Hall–Kier alpha value is -1.11. The summed E-state index contributed by atoms with van der Waals surface area (Å²) in [6, 6.07) is 10.5. The van der Waals surface area contributed by atoms with E-state index in [1.54, 1.807) is 6.07 Å². The normalized spacial score (nSPS) is 12.2. The van der Waals surface area contributed by atoms with Crippen molar-refractivity contribution in [3.63, 3.8) is 0 Å². The van der Waals surface area contributed by atoms with Gasteiger partial charge in [0.1, 0.15) is 0 Å². The minimum Gasteiger partial charge on any atom is -0.416 e. The van der Waals surface area contributed by atoms with Crippen LogP contribution in [0.4, 0.5) is 13.2 Å². The standard InChI is InChI=1S/C13H6ClF3OS2/c14-8-5-6-9(18-20-13(15,16)17)12-11(8)7-3-1-2-4-10(7)19-12/h1-6H. The van der Waals surface area contributed by atoms with Gasteiger partial charge in [0, 0.05) is 15.5 Å². The summed E-state index contributed by atoms with van der Waals surface area (Å²) in [7, 11) is 0. The molecule has 2 aromatic carbocycles. The van der Waals surface area contributed by atoms with E-state index in [-0.39, 0.29) is 5.75 Å². The van der Waals surface area contributed by atoms with Crippen LogP contribution in [0.3, 0.4) is 0 Å². The molecule has 7 heteroatoms. The molecule has 20 heavy (non-hydrogen) atoms. The first-order valence-electron chi connectivity index (χ1n) is 5.48. The summed E-state index contributed by atoms with van der Waals surface area (Å²) >= 11 is 7.01. The number of benzene rings is 2. The number of hydrogen-bond donors (Lipinski definition) is 0. The molecule has 0 N–H and O–H groups in total. The Morgan fingerprint density at radius 1 is 1.10 bits per heavy atom. The van der Waals surface area contributed by atoms with Gasteiger partial charge in [-0.05, 0) is 18.2 Å². The fraction of sp³-hybridized carbons (Fsp3) is 0.0769. The van der Waals surface area contributed by atoms with Gasteiger partial charge in [0.15, 0.2) is 17.8 Å². The second kappa shape index (κ2) is 5.02. The molecule has 0 atom stereocenters. The number of hydrogen-bond acceptors (Lipinski definition) is 3. The monoisotopic (exact) mass is 334 g/mol. The Bertz CT molecular complexity index is 782. The van der Waals surface area contributed by atoms with E-state index in [2.05, 4.69) is 0 Å². The Morgan fingerprint density at radius 3 is 2.60 bits per heavy atom. The van der Waals surface area contributed by atoms with E-state index < -0.39 is 17.6 Å². The maximum absolute atomic E-state index is 12.2. The highest BCUT2D eigenvalue weighted by atomic mass is 35.5. The third-order valence-electron chi connectivity index (χ3n) is 2.67. The summed E-state index contributed by atoms with van der Waals surface area (Å²) in [4.78, 5) is 0. The van der Waals surface area contributed by atoms with Gasteiger partial charge in [0.2, 0.25) is 0 Å². The summed E-state index contributed by atoms with van der Waals surface area (Å²) in [5.74, 6) is 0.174. The number of thiophene rings is 1. The van der Waals surface area contributed by atoms with Crippen LogP contribution in [0, 0.1) is 0 Å². The summed E-state index contributed by atoms with van der Waals surface area (Å²) in [5.41, 5.74) is -4.44. The highest BCUT2D eigenvalue weighted by molar-refractivity contribution is 7.95. The Labute approximate surface area is 125 Å². The average molecular weight is 335 g/mol. The molecule has 0 aliphatic carbocycles. The van der Waals surface area contributed by atoms with Crippen molar-refractivity contribution in [3.05, 3.63) is 41.4 Å². The van der Waals surface area contributed by atoms with E-state index in [0.29, 0.717) is 9.72 Å². The van der Waals surface area contributed by atoms with Gasteiger partial charge in [-0.3, -0.25) is 0 Å². The minimum absolute atomic E-state index is 0.174. The van der Waals surface area contributed by atoms with E-state index in [1.807, 2.05) is 24.3 Å².